The highest BCUT2D eigenvalue weighted by molar-refractivity contribution is 5.87. The molecule has 0 saturated carbocycles. The number of rotatable bonds is 2. The van der Waals surface area contributed by atoms with Gasteiger partial charge in [-0.25, -0.2) is 0 Å². The summed E-state index contributed by atoms with van der Waals surface area (Å²) < 4.78 is 7.46. The van der Waals surface area contributed by atoms with Gasteiger partial charge in [0.1, 0.15) is 0 Å². The van der Waals surface area contributed by atoms with Crippen molar-refractivity contribution in [3.8, 4) is 0 Å². The highest BCUT2D eigenvalue weighted by atomic mass is 16.6. The zero-order valence-corrected chi connectivity index (χ0v) is 10.1. The van der Waals surface area contributed by atoms with Crippen LogP contribution in [-0.4, -0.2) is 40.7 Å². The Kier molecular flexibility index (Phi) is 2.47. The Morgan fingerprint density at radius 3 is 2.41 bits per heavy atom. The van der Waals surface area contributed by atoms with Crippen LogP contribution in [0.15, 0.2) is 24.5 Å². The predicted octanol–water partition coefficient (Wildman–Crippen LogP) is 1.44. The van der Waals surface area contributed by atoms with Crippen molar-refractivity contribution in [1.29, 1.82) is 0 Å². The van der Waals surface area contributed by atoms with Crippen molar-refractivity contribution in [2.75, 3.05) is 19.7 Å². The van der Waals surface area contributed by atoms with Gasteiger partial charge in [-0.15, -0.1) is 0 Å². The zero-order chi connectivity index (χ0) is 11.9. The maximum Gasteiger partial charge on any atom is 0.256 e. The van der Waals surface area contributed by atoms with E-state index in [2.05, 4.69) is 29.1 Å². The summed E-state index contributed by atoms with van der Waals surface area (Å²) in [5, 5.41) is 0. The number of hydrogen-bond acceptors (Lipinski definition) is 2. The predicted molar refractivity (Wildman–Crippen MR) is 63.6 cm³/mol. The standard InChI is InChI=1S/C13H18N2O2/c1-13(10-17-13)12(16)15-8-4-11(5-9-15)14-6-2-3-7-14/h2-3,6-7,11H,4-5,8-10H2,1H3. The van der Waals surface area contributed by atoms with Gasteiger partial charge in [-0.1, -0.05) is 0 Å². The normalized spacial score (nSPS) is 29.4. The summed E-state index contributed by atoms with van der Waals surface area (Å²) in [7, 11) is 0. The summed E-state index contributed by atoms with van der Waals surface area (Å²) >= 11 is 0. The second-order valence-corrected chi connectivity index (χ2v) is 5.17. The summed E-state index contributed by atoms with van der Waals surface area (Å²) in [5.74, 6) is 0.170. The molecule has 0 radical (unpaired) electrons. The van der Waals surface area contributed by atoms with Crippen LogP contribution in [0.3, 0.4) is 0 Å². The summed E-state index contributed by atoms with van der Waals surface area (Å²) in [6, 6.07) is 4.65. The summed E-state index contributed by atoms with van der Waals surface area (Å²) in [5.41, 5.74) is -0.500. The first-order valence-corrected chi connectivity index (χ1v) is 6.25. The van der Waals surface area contributed by atoms with Gasteiger partial charge in [0.05, 0.1) is 6.61 Å². The highest BCUT2D eigenvalue weighted by Gasteiger charge is 2.49. The van der Waals surface area contributed by atoms with Crippen molar-refractivity contribution in [1.82, 2.24) is 9.47 Å². The third-order valence-corrected chi connectivity index (χ3v) is 3.83. The fourth-order valence-corrected chi connectivity index (χ4v) is 2.52. The Balaban J connectivity index is 1.59. The summed E-state index contributed by atoms with van der Waals surface area (Å²) in [6.45, 7) is 4.16. The molecular weight excluding hydrogens is 216 g/mol. The van der Waals surface area contributed by atoms with Crippen LogP contribution in [0.25, 0.3) is 0 Å². The quantitative estimate of drug-likeness (QED) is 0.726. The molecule has 1 amide bonds. The molecule has 3 rings (SSSR count). The number of hydrogen-bond donors (Lipinski definition) is 0. The number of carbonyl (C=O) groups is 1. The lowest BCUT2D eigenvalue weighted by atomic mass is 10.0. The molecule has 2 aliphatic rings. The molecule has 3 heterocycles. The van der Waals surface area contributed by atoms with Crippen LogP contribution in [0, 0.1) is 0 Å². The van der Waals surface area contributed by atoms with Crippen LogP contribution < -0.4 is 0 Å². The van der Waals surface area contributed by atoms with Gasteiger partial charge in [0, 0.05) is 31.5 Å². The lowest BCUT2D eigenvalue weighted by Gasteiger charge is -2.33. The minimum absolute atomic E-state index is 0.170. The molecular formula is C13H18N2O2. The van der Waals surface area contributed by atoms with Crippen LogP contribution in [0.1, 0.15) is 25.8 Å². The van der Waals surface area contributed by atoms with Gasteiger partial charge in [-0.05, 0) is 31.9 Å². The van der Waals surface area contributed by atoms with Crippen molar-refractivity contribution in [2.45, 2.75) is 31.4 Å². The van der Waals surface area contributed by atoms with E-state index in [1.54, 1.807) is 0 Å². The Morgan fingerprint density at radius 2 is 1.88 bits per heavy atom. The maximum atomic E-state index is 12.1. The van der Waals surface area contributed by atoms with Crippen molar-refractivity contribution < 1.29 is 9.53 Å². The van der Waals surface area contributed by atoms with E-state index in [1.165, 1.54) is 0 Å². The van der Waals surface area contributed by atoms with E-state index in [0.717, 1.165) is 25.9 Å². The molecule has 92 valence electrons. The molecule has 0 aromatic carbocycles. The summed E-state index contributed by atoms with van der Waals surface area (Å²) in [6.07, 6.45) is 6.29. The average molecular weight is 234 g/mol. The number of piperidine rings is 1. The highest BCUT2D eigenvalue weighted by Crippen LogP contribution is 2.31. The topological polar surface area (TPSA) is 37.8 Å². The van der Waals surface area contributed by atoms with Gasteiger partial charge in [-0.2, -0.15) is 0 Å². The van der Waals surface area contributed by atoms with E-state index in [0.29, 0.717) is 12.6 Å². The second-order valence-electron chi connectivity index (χ2n) is 5.17. The van der Waals surface area contributed by atoms with Crippen LogP contribution in [0.5, 0.6) is 0 Å². The molecule has 4 heteroatoms. The van der Waals surface area contributed by atoms with Crippen LogP contribution in [-0.2, 0) is 9.53 Å². The molecule has 2 fully saturated rings. The molecule has 1 unspecified atom stereocenters. The number of amides is 1. The van der Waals surface area contributed by atoms with E-state index >= 15 is 0 Å². The monoisotopic (exact) mass is 234 g/mol. The lowest BCUT2D eigenvalue weighted by Crippen LogP contribution is -2.44. The third kappa shape index (κ3) is 1.97. The Labute approximate surface area is 101 Å². The SMILES string of the molecule is CC1(C(=O)N2CCC(n3cccc3)CC2)CO1. The maximum absolute atomic E-state index is 12.1. The van der Waals surface area contributed by atoms with E-state index in [9.17, 15) is 4.79 Å². The number of nitrogens with zero attached hydrogens (tertiary/aromatic N) is 2. The van der Waals surface area contributed by atoms with Crippen LogP contribution in [0.2, 0.25) is 0 Å². The summed E-state index contributed by atoms with van der Waals surface area (Å²) in [4.78, 5) is 14.0. The molecule has 1 aromatic heterocycles. The van der Waals surface area contributed by atoms with Crippen LogP contribution in [0.4, 0.5) is 0 Å². The molecule has 2 aliphatic heterocycles. The minimum Gasteiger partial charge on any atom is -0.359 e. The van der Waals surface area contributed by atoms with Crippen molar-refractivity contribution in [3.63, 3.8) is 0 Å². The third-order valence-electron chi connectivity index (χ3n) is 3.83. The molecule has 0 bridgehead atoms. The lowest BCUT2D eigenvalue weighted by molar-refractivity contribution is -0.137. The van der Waals surface area contributed by atoms with Crippen LogP contribution >= 0.6 is 0 Å². The fraction of sp³-hybridized carbons (Fsp3) is 0.615. The fourth-order valence-electron chi connectivity index (χ4n) is 2.52. The number of carbonyl (C=O) groups excluding carboxylic acids is 1. The van der Waals surface area contributed by atoms with Crippen molar-refractivity contribution >= 4 is 5.91 Å². The largest absolute Gasteiger partial charge is 0.359 e. The molecule has 0 N–H and O–H groups in total. The van der Waals surface area contributed by atoms with Gasteiger partial charge >= 0.3 is 0 Å². The first-order valence-electron chi connectivity index (χ1n) is 6.25. The van der Waals surface area contributed by atoms with Gasteiger partial charge in [0.25, 0.3) is 5.91 Å². The Bertz CT molecular complexity index is 401. The Morgan fingerprint density at radius 1 is 1.29 bits per heavy atom. The Hall–Kier alpha value is -1.29. The molecule has 2 saturated heterocycles. The van der Waals surface area contributed by atoms with Gasteiger partial charge in [-0.3, -0.25) is 4.79 Å². The molecule has 0 spiro atoms. The molecule has 17 heavy (non-hydrogen) atoms. The minimum atomic E-state index is -0.500. The molecule has 0 aliphatic carbocycles. The van der Waals surface area contributed by atoms with Crippen molar-refractivity contribution in [3.05, 3.63) is 24.5 Å². The average Bonchev–Trinajstić information content (AvgIpc) is 2.91. The van der Waals surface area contributed by atoms with E-state index < -0.39 is 5.60 Å². The van der Waals surface area contributed by atoms with E-state index in [1.807, 2.05) is 11.8 Å². The number of likely N-dealkylation sites (tertiary alicyclic amines) is 1. The number of aromatic nitrogens is 1. The molecule has 1 atom stereocenters. The van der Waals surface area contributed by atoms with E-state index in [-0.39, 0.29) is 5.91 Å². The van der Waals surface area contributed by atoms with Gasteiger partial charge in [0.2, 0.25) is 0 Å². The van der Waals surface area contributed by atoms with Gasteiger partial charge in [0.15, 0.2) is 5.60 Å². The molecule has 1 aromatic rings. The number of epoxide rings is 1. The first kappa shape index (κ1) is 10.8. The van der Waals surface area contributed by atoms with Gasteiger partial charge < -0.3 is 14.2 Å². The zero-order valence-electron chi connectivity index (χ0n) is 10.1. The van der Waals surface area contributed by atoms with E-state index in [4.69, 9.17) is 4.74 Å². The first-order chi connectivity index (χ1) is 8.19. The smallest absolute Gasteiger partial charge is 0.256 e. The number of ether oxygens (including phenoxy) is 1. The second kappa shape index (κ2) is 3.88. The molecule has 4 nitrogen and oxygen atoms in total. The van der Waals surface area contributed by atoms with Crippen molar-refractivity contribution in [2.24, 2.45) is 0 Å².